The molecule has 2 nitrogen and oxygen atoms in total. The maximum atomic E-state index is 12.8. The molecule has 0 saturated carbocycles. The molecular weight excluding hydrogens is 351 g/mol. The van der Waals surface area contributed by atoms with Crippen molar-refractivity contribution in [2.75, 3.05) is 20.7 Å². The predicted octanol–water partition coefficient (Wildman–Crippen LogP) is 5.93. The maximum Gasteiger partial charge on any atom is 0.416 e. The fourth-order valence-corrected chi connectivity index (χ4v) is 3.22. The molecule has 3 aromatic rings. The number of halogens is 3. The standard InChI is InChI=1S/C22H22F3NO/c1-26(2)20(17-10-12-18(13-11-17)22(23,24)25)14-15-27-21-9-5-7-16-6-3-4-8-19(16)21/h3-13,20H,14-15H2,1-2H3. The average molecular weight is 373 g/mol. The second-order valence-corrected chi connectivity index (χ2v) is 6.71. The van der Waals surface area contributed by atoms with Crippen molar-refractivity contribution in [1.29, 1.82) is 0 Å². The number of rotatable bonds is 6. The molecule has 0 bridgehead atoms. The summed E-state index contributed by atoms with van der Waals surface area (Å²) in [6.07, 6.45) is -3.65. The Hall–Kier alpha value is -2.53. The van der Waals surface area contributed by atoms with E-state index >= 15 is 0 Å². The van der Waals surface area contributed by atoms with Gasteiger partial charge in [-0.1, -0.05) is 48.5 Å². The van der Waals surface area contributed by atoms with Crippen LogP contribution in [0.3, 0.4) is 0 Å². The first-order chi connectivity index (χ1) is 12.9. The number of ether oxygens (including phenoxy) is 1. The van der Waals surface area contributed by atoms with Crippen molar-refractivity contribution < 1.29 is 17.9 Å². The zero-order valence-corrected chi connectivity index (χ0v) is 15.3. The van der Waals surface area contributed by atoms with E-state index in [-0.39, 0.29) is 6.04 Å². The van der Waals surface area contributed by atoms with E-state index in [0.717, 1.165) is 34.2 Å². The minimum absolute atomic E-state index is 0.0257. The van der Waals surface area contributed by atoms with Crippen molar-refractivity contribution in [1.82, 2.24) is 4.90 Å². The highest BCUT2D eigenvalue weighted by molar-refractivity contribution is 5.88. The van der Waals surface area contributed by atoms with Gasteiger partial charge < -0.3 is 9.64 Å². The lowest BCUT2D eigenvalue weighted by molar-refractivity contribution is -0.137. The lowest BCUT2D eigenvalue weighted by Crippen LogP contribution is -2.22. The monoisotopic (exact) mass is 373 g/mol. The second kappa shape index (κ2) is 8.01. The molecule has 1 unspecified atom stereocenters. The minimum Gasteiger partial charge on any atom is -0.493 e. The van der Waals surface area contributed by atoms with Crippen LogP contribution in [0.2, 0.25) is 0 Å². The molecule has 27 heavy (non-hydrogen) atoms. The molecule has 0 fully saturated rings. The third-order valence-electron chi connectivity index (χ3n) is 4.64. The van der Waals surface area contributed by atoms with Gasteiger partial charge in [-0.2, -0.15) is 13.2 Å². The molecule has 142 valence electrons. The first-order valence-electron chi connectivity index (χ1n) is 8.80. The van der Waals surface area contributed by atoms with E-state index < -0.39 is 11.7 Å². The van der Waals surface area contributed by atoms with E-state index in [1.54, 1.807) is 12.1 Å². The van der Waals surface area contributed by atoms with Crippen molar-refractivity contribution in [3.8, 4) is 5.75 Å². The summed E-state index contributed by atoms with van der Waals surface area (Å²) in [5, 5.41) is 2.16. The SMILES string of the molecule is CN(C)C(CCOc1cccc2ccccc12)c1ccc(C(F)(F)F)cc1. The molecule has 0 amide bonds. The first-order valence-corrected chi connectivity index (χ1v) is 8.80. The topological polar surface area (TPSA) is 12.5 Å². The van der Waals surface area contributed by atoms with Crippen molar-refractivity contribution >= 4 is 10.8 Å². The molecule has 0 aliphatic heterocycles. The Morgan fingerprint density at radius 2 is 1.56 bits per heavy atom. The number of alkyl halides is 3. The van der Waals surface area contributed by atoms with Crippen molar-refractivity contribution in [3.05, 3.63) is 77.9 Å². The van der Waals surface area contributed by atoms with Crippen LogP contribution < -0.4 is 4.74 Å². The molecule has 3 rings (SSSR count). The minimum atomic E-state index is -4.32. The zero-order valence-electron chi connectivity index (χ0n) is 15.3. The van der Waals surface area contributed by atoms with Gasteiger partial charge in [0.15, 0.2) is 0 Å². The van der Waals surface area contributed by atoms with Crippen LogP contribution in [0, 0.1) is 0 Å². The van der Waals surface area contributed by atoms with Crippen LogP contribution in [-0.2, 0) is 6.18 Å². The molecule has 5 heteroatoms. The van der Waals surface area contributed by atoms with Crippen LogP contribution >= 0.6 is 0 Å². The summed E-state index contributed by atoms with van der Waals surface area (Å²) >= 11 is 0. The van der Waals surface area contributed by atoms with Crippen LogP contribution in [0.5, 0.6) is 5.75 Å². The summed E-state index contributed by atoms with van der Waals surface area (Å²) in [5.41, 5.74) is 0.213. The highest BCUT2D eigenvalue weighted by Gasteiger charge is 2.30. The van der Waals surface area contributed by atoms with Crippen LogP contribution in [-0.4, -0.2) is 25.6 Å². The van der Waals surface area contributed by atoms with Gasteiger partial charge in [0.05, 0.1) is 12.2 Å². The Balaban J connectivity index is 1.70. The molecule has 0 spiro atoms. The number of nitrogens with zero attached hydrogens (tertiary/aromatic N) is 1. The van der Waals surface area contributed by atoms with E-state index in [2.05, 4.69) is 0 Å². The van der Waals surface area contributed by atoms with Crippen LogP contribution in [0.1, 0.15) is 23.6 Å². The third kappa shape index (κ3) is 4.61. The summed E-state index contributed by atoms with van der Waals surface area (Å²) in [7, 11) is 3.83. The smallest absolute Gasteiger partial charge is 0.416 e. The highest BCUT2D eigenvalue weighted by Crippen LogP contribution is 2.31. The van der Waals surface area contributed by atoms with Crippen LogP contribution in [0.15, 0.2) is 66.7 Å². The summed E-state index contributed by atoms with van der Waals surface area (Å²) in [6, 6.07) is 19.3. The molecule has 0 heterocycles. The fraction of sp³-hybridized carbons (Fsp3) is 0.273. The number of benzene rings is 3. The molecule has 1 atom stereocenters. The van der Waals surface area contributed by atoms with Crippen molar-refractivity contribution in [2.45, 2.75) is 18.6 Å². The van der Waals surface area contributed by atoms with Gasteiger partial charge in [0, 0.05) is 17.8 Å². The Labute approximate surface area is 157 Å². The average Bonchev–Trinajstić information content (AvgIpc) is 2.64. The van der Waals surface area contributed by atoms with Crippen molar-refractivity contribution in [3.63, 3.8) is 0 Å². The molecule has 0 aromatic heterocycles. The molecule has 0 N–H and O–H groups in total. The third-order valence-corrected chi connectivity index (χ3v) is 4.64. The fourth-order valence-electron chi connectivity index (χ4n) is 3.22. The van der Waals surface area contributed by atoms with Crippen molar-refractivity contribution in [2.24, 2.45) is 0 Å². The molecule has 0 aliphatic carbocycles. The van der Waals surface area contributed by atoms with Gasteiger partial charge in [0.1, 0.15) is 5.75 Å². The van der Waals surface area contributed by atoms with E-state index in [1.165, 1.54) is 0 Å². The summed E-state index contributed by atoms with van der Waals surface area (Å²) in [6.45, 7) is 0.470. The zero-order chi connectivity index (χ0) is 19.4. The molecule has 0 aliphatic rings. The van der Waals surface area contributed by atoms with Gasteiger partial charge in [0.25, 0.3) is 0 Å². The molecular formula is C22H22F3NO. The summed E-state index contributed by atoms with van der Waals surface area (Å²) in [4.78, 5) is 2.00. The van der Waals surface area contributed by atoms with Gasteiger partial charge in [0.2, 0.25) is 0 Å². The molecule has 3 aromatic carbocycles. The summed E-state index contributed by atoms with van der Waals surface area (Å²) in [5.74, 6) is 0.818. The normalized spacial score (nSPS) is 13.1. The van der Waals surface area contributed by atoms with Gasteiger partial charge >= 0.3 is 6.18 Å². The van der Waals surface area contributed by atoms with E-state index in [4.69, 9.17) is 4.74 Å². The van der Waals surface area contributed by atoms with Crippen LogP contribution in [0.25, 0.3) is 10.8 Å². The van der Waals surface area contributed by atoms with Crippen LogP contribution in [0.4, 0.5) is 13.2 Å². The van der Waals surface area contributed by atoms with E-state index in [9.17, 15) is 13.2 Å². The Kier molecular flexibility index (Phi) is 5.71. The molecule has 0 saturated heterocycles. The van der Waals surface area contributed by atoms with Gasteiger partial charge in [-0.15, -0.1) is 0 Å². The number of hydrogen-bond donors (Lipinski definition) is 0. The van der Waals surface area contributed by atoms with E-state index in [1.807, 2.05) is 61.5 Å². The largest absolute Gasteiger partial charge is 0.493 e. The lowest BCUT2D eigenvalue weighted by Gasteiger charge is -2.25. The Morgan fingerprint density at radius 1 is 0.889 bits per heavy atom. The highest BCUT2D eigenvalue weighted by atomic mass is 19.4. The maximum absolute atomic E-state index is 12.8. The van der Waals surface area contributed by atoms with E-state index in [0.29, 0.717) is 13.0 Å². The Morgan fingerprint density at radius 3 is 2.22 bits per heavy atom. The second-order valence-electron chi connectivity index (χ2n) is 6.71. The lowest BCUT2D eigenvalue weighted by atomic mass is 10.0. The number of hydrogen-bond acceptors (Lipinski definition) is 2. The summed E-state index contributed by atoms with van der Waals surface area (Å²) < 4.78 is 44.3. The van der Waals surface area contributed by atoms with Gasteiger partial charge in [-0.3, -0.25) is 0 Å². The number of fused-ring (bicyclic) bond motifs is 1. The molecule has 0 radical (unpaired) electrons. The first kappa shape index (κ1) is 19.2. The van der Waals surface area contributed by atoms with Gasteiger partial charge in [-0.05, 0) is 43.2 Å². The predicted molar refractivity (Wildman–Crippen MR) is 102 cm³/mol. The quantitative estimate of drug-likeness (QED) is 0.531. The van der Waals surface area contributed by atoms with Gasteiger partial charge in [-0.25, -0.2) is 0 Å². The Bertz CT molecular complexity index is 883.